The lowest BCUT2D eigenvalue weighted by atomic mass is 10.0. The molecule has 1 atom stereocenters. The minimum atomic E-state index is -0.892. The molecule has 1 aliphatic heterocycles. The SMILES string of the molecule is O=C(O)CC1CSCCN1C(=O)c1cc(-c2ccco2)nc2ccccc12. The van der Waals surface area contributed by atoms with E-state index < -0.39 is 5.97 Å². The van der Waals surface area contributed by atoms with Gasteiger partial charge in [-0.3, -0.25) is 9.59 Å². The minimum absolute atomic E-state index is 0.0488. The predicted octanol–water partition coefficient (Wildman–Crippen LogP) is 3.53. The number of amides is 1. The first-order valence-electron chi connectivity index (χ1n) is 8.67. The molecule has 2 aromatic heterocycles. The van der Waals surface area contributed by atoms with Gasteiger partial charge in [-0.05, 0) is 24.3 Å². The third-order valence-corrected chi connectivity index (χ3v) is 5.71. The third-order valence-electron chi connectivity index (χ3n) is 4.62. The molecule has 1 aliphatic rings. The second-order valence-corrected chi connectivity index (χ2v) is 7.52. The van der Waals surface area contributed by atoms with E-state index in [1.54, 1.807) is 41.1 Å². The first kappa shape index (κ1) is 17.6. The monoisotopic (exact) mass is 382 g/mol. The van der Waals surface area contributed by atoms with Gasteiger partial charge < -0.3 is 14.4 Å². The van der Waals surface area contributed by atoms with Gasteiger partial charge in [-0.15, -0.1) is 0 Å². The number of carbonyl (C=O) groups excluding carboxylic acids is 1. The zero-order chi connectivity index (χ0) is 18.8. The lowest BCUT2D eigenvalue weighted by Crippen LogP contribution is -2.47. The molecule has 0 spiro atoms. The van der Waals surface area contributed by atoms with E-state index in [1.807, 2.05) is 24.3 Å². The minimum Gasteiger partial charge on any atom is -0.481 e. The van der Waals surface area contributed by atoms with E-state index in [1.165, 1.54) is 0 Å². The van der Waals surface area contributed by atoms with Crippen LogP contribution in [0, 0.1) is 0 Å². The first-order chi connectivity index (χ1) is 13.1. The van der Waals surface area contributed by atoms with Gasteiger partial charge >= 0.3 is 5.97 Å². The Labute approximate surface area is 160 Å². The number of para-hydroxylation sites is 1. The molecule has 1 saturated heterocycles. The van der Waals surface area contributed by atoms with Gasteiger partial charge in [0, 0.05) is 23.4 Å². The van der Waals surface area contributed by atoms with E-state index in [4.69, 9.17) is 4.42 Å². The molecule has 7 heteroatoms. The van der Waals surface area contributed by atoms with Crippen molar-refractivity contribution >= 4 is 34.5 Å². The number of rotatable bonds is 4. The van der Waals surface area contributed by atoms with E-state index in [0.717, 1.165) is 11.1 Å². The summed E-state index contributed by atoms with van der Waals surface area (Å²) in [7, 11) is 0. The van der Waals surface area contributed by atoms with Crippen molar-refractivity contribution in [2.24, 2.45) is 0 Å². The highest BCUT2D eigenvalue weighted by Gasteiger charge is 2.30. The molecule has 0 aliphatic carbocycles. The van der Waals surface area contributed by atoms with Gasteiger partial charge in [0.05, 0.1) is 29.8 Å². The molecular formula is C20H18N2O4S. The van der Waals surface area contributed by atoms with Crippen LogP contribution in [-0.2, 0) is 4.79 Å². The Kier molecular flexibility index (Phi) is 4.85. The van der Waals surface area contributed by atoms with Crippen LogP contribution in [0.5, 0.6) is 0 Å². The van der Waals surface area contributed by atoms with Crippen LogP contribution in [0.25, 0.3) is 22.4 Å². The molecule has 1 N–H and O–H groups in total. The number of fused-ring (bicyclic) bond motifs is 1. The maximum Gasteiger partial charge on any atom is 0.305 e. The molecule has 1 unspecified atom stereocenters. The topological polar surface area (TPSA) is 83.6 Å². The fraction of sp³-hybridized carbons (Fsp3) is 0.250. The van der Waals surface area contributed by atoms with Crippen molar-refractivity contribution in [1.82, 2.24) is 9.88 Å². The normalized spacial score (nSPS) is 17.2. The maximum atomic E-state index is 13.4. The second-order valence-electron chi connectivity index (χ2n) is 6.37. The first-order valence-corrected chi connectivity index (χ1v) is 9.83. The number of aromatic nitrogens is 1. The molecule has 0 radical (unpaired) electrons. The number of carbonyl (C=O) groups is 2. The Hall–Kier alpha value is -2.80. The summed E-state index contributed by atoms with van der Waals surface area (Å²) in [5.41, 5.74) is 1.81. The summed E-state index contributed by atoms with van der Waals surface area (Å²) in [6, 6.07) is 12.5. The van der Waals surface area contributed by atoms with Crippen LogP contribution in [0.15, 0.2) is 53.1 Å². The Bertz CT molecular complexity index is 987. The molecule has 6 nitrogen and oxygen atoms in total. The van der Waals surface area contributed by atoms with E-state index in [2.05, 4.69) is 4.98 Å². The van der Waals surface area contributed by atoms with Gasteiger partial charge in [0.25, 0.3) is 5.91 Å². The quantitative estimate of drug-likeness (QED) is 0.743. The van der Waals surface area contributed by atoms with Gasteiger partial charge in [-0.2, -0.15) is 11.8 Å². The number of nitrogens with zero attached hydrogens (tertiary/aromatic N) is 2. The number of aliphatic carboxylic acids is 1. The number of benzene rings is 1. The lowest BCUT2D eigenvalue weighted by molar-refractivity contribution is -0.138. The summed E-state index contributed by atoms with van der Waals surface area (Å²) in [6.07, 6.45) is 1.52. The molecule has 27 heavy (non-hydrogen) atoms. The van der Waals surface area contributed by atoms with Crippen LogP contribution in [0.4, 0.5) is 0 Å². The summed E-state index contributed by atoms with van der Waals surface area (Å²) >= 11 is 1.68. The fourth-order valence-electron chi connectivity index (χ4n) is 3.35. The van der Waals surface area contributed by atoms with Gasteiger partial charge in [0.15, 0.2) is 5.76 Å². The predicted molar refractivity (Wildman–Crippen MR) is 104 cm³/mol. The molecule has 1 fully saturated rings. The standard InChI is InChI=1S/C20H18N2O4S/c23-19(24)10-13-12-27-9-7-22(13)20(25)15-11-17(18-6-3-8-26-18)21-16-5-2-1-4-14(15)16/h1-6,8,11,13H,7,9-10,12H2,(H,23,24). The number of thioether (sulfide) groups is 1. The van der Waals surface area contributed by atoms with E-state index in [-0.39, 0.29) is 18.4 Å². The number of hydrogen-bond acceptors (Lipinski definition) is 5. The third kappa shape index (κ3) is 3.55. The van der Waals surface area contributed by atoms with Crippen molar-refractivity contribution < 1.29 is 19.1 Å². The van der Waals surface area contributed by atoms with Crippen LogP contribution in [0.3, 0.4) is 0 Å². The number of hydrogen-bond donors (Lipinski definition) is 1. The summed E-state index contributed by atoms with van der Waals surface area (Å²) in [6.45, 7) is 0.536. The van der Waals surface area contributed by atoms with Crippen molar-refractivity contribution in [2.45, 2.75) is 12.5 Å². The molecule has 138 valence electrons. The van der Waals surface area contributed by atoms with Crippen LogP contribution >= 0.6 is 11.8 Å². The fourth-order valence-corrected chi connectivity index (χ4v) is 4.41. The summed E-state index contributed by atoms with van der Waals surface area (Å²) in [4.78, 5) is 30.9. The van der Waals surface area contributed by atoms with Gasteiger partial charge in [-0.25, -0.2) is 4.98 Å². The van der Waals surface area contributed by atoms with Gasteiger partial charge in [0.2, 0.25) is 0 Å². The summed E-state index contributed by atoms with van der Waals surface area (Å²) in [5.74, 6) is 0.970. The molecule has 4 rings (SSSR count). The highest BCUT2D eigenvalue weighted by molar-refractivity contribution is 7.99. The lowest BCUT2D eigenvalue weighted by Gasteiger charge is -2.35. The molecule has 3 heterocycles. The highest BCUT2D eigenvalue weighted by Crippen LogP contribution is 2.28. The molecule has 0 bridgehead atoms. The summed E-state index contributed by atoms with van der Waals surface area (Å²) < 4.78 is 5.45. The average molecular weight is 382 g/mol. The van der Waals surface area contributed by atoms with Crippen molar-refractivity contribution in [1.29, 1.82) is 0 Å². The maximum absolute atomic E-state index is 13.4. The van der Waals surface area contributed by atoms with Crippen molar-refractivity contribution in [3.8, 4) is 11.5 Å². The van der Waals surface area contributed by atoms with Crippen molar-refractivity contribution in [3.05, 3.63) is 54.3 Å². The van der Waals surface area contributed by atoms with E-state index in [9.17, 15) is 14.7 Å². The van der Waals surface area contributed by atoms with Crippen LogP contribution in [0.1, 0.15) is 16.8 Å². The molecule has 3 aromatic rings. The zero-order valence-corrected chi connectivity index (χ0v) is 15.3. The number of carboxylic acids is 1. The average Bonchev–Trinajstić information content (AvgIpc) is 3.21. The van der Waals surface area contributed by atoms with Crippen LogP contribution in [-0.4, -0.2) is 51.0 Å². The molecule has 0 saturated carbocycles. The van der Waals surface area contributed by atoms with E-state index in [0.29, 0.717) is 34.8 Å². The van der Waals surface area contributed by atoms with Crippen molar-refractivity contribution in [2.75, 3.05) is 18.1 Å². The van der Waals surface area contributed by atoms with E-state index >= 15 is 0 Å². The molecule has 1 aromatic carbocycles. The summed E-state index contributed by atoms with van der Waals surface area (Å²) in [5, 5.41) is 9.96. The molecular weight excluding hydrogens is 364 g/mol. The number of furan rings is 1. The second kappa shape index (κ2) is 7.44. The molecule has 1 amide bonds. The van der Waals surface area contributed by atoms with Crippen LogP contribution in [0.2, 0.25) is 0 Å². The largest absolute Gasteiger partial charge is 0.481 e. The zero-order valence-electron chi connectivity index (χ0n) is 14.5. The Morgan fingerprint density at radius 2 is 2.11 bits per heavy atom. The number of carboxylic acid groups (broad SMARTS) is 1. The highest BCUT2D eigenvalue weighted by atomic mass is 32.2. The smallest absolute Gasteiger partial charge is 0.305 e. The van der Waals surface area contributed by atoms with Crippen molar-refractivity contribution in [3.63, 3.8) is 0 Å². The Balaban J connectivity index is 1.79. The Morgan fingerprint density at radius 1 is 1.26 bits per heavy atom. The van der Waals surface area contributed by atoms with Gasteiger partial charge in [0.1, 0.15) is 5.69 Å². The number of pyridine rings is 1. The van der Waals surface area contributed by atoms with Crippen LogP contribution < -0.4 is 0 Å². The Morgan fingerprint density at radius 3 is 2.89 bits per heavy atom. The van der Waals surface area contributed by atoms with Gasteiger partial charge in [-0.1, -0.05) is 18.2 Å².